The Morgan fingerprint density at radius 3 is 2.23 bits per heavy atom. The van der Waals surface area contributed by atoms with E-state index in [4.69, 9.17) is 0 Å². The van der Waals surface area contributed by atoms with Crippen molar-refractivity contribution < 1.29 is 4.79 Å². The molecule has 1 unspecified atom stereocenters. The van der Waals surface area contributed by atoms with Crippen LogP contribution < -0.4 is 5.32 Å². The third kappa shape index (κ3) is 3.81. The molecule has 2 aromatic carbocycles. The molecule has 2 heteroatoms. The van der Waals surface area contributed by atoms with E-state index < -0.39 is 0 Å². The first-order chi connectivity index (χ1) is 12.3. The number of carbonyl (C=O) groups excluding carboxylic acids is 1. The molecule has 2 aromatic rings. The number of fused-ring (bicyclic) bond motifs is 1. The van der Waals surface area contributed by atoms with Gasteiger partial charge in [0.05, 0.1) is 6.04 Å². The van der Waals surface area contributed by atoms with E-state index in [0.717, 1.165) is 22.3 Å². The molecule has 0 aromatic heterocycles. The van der Waals surface area contributed by atoms with Crippen molar-refractivity contribution in [3.63, 3.8) is 0 Å². The second kappa shape index (κ2) is 8.46. The SMILES string of the molecule is C.O=C1/C(=C/c2ccccc2)C(NC2CCCCCC2)c2ccccc21. The molecule has 1 atom stereocenters. The predicted molar refractivity (Wildman–Crippen MR) is 109 cm³/mol. The van der Waals surface area contributed by atoms with Crippen molar-refractivity contribution in [2.75, 3.05) is 0 Å². The number of hydrogen-bond donors (Lipinski definition) is 1. The van der Waals surface area contributed by atoms with Crippen LogP contribution in [0.3, 0.4) is 0 Å². The van der Waals surface area contributed by atoms with Crippen LogP contribution in [0.5, 0.6) is 0 Å². The average Bonchev–Trinajstić information content (AvgIpc) is 2.83. The Morgan fingerprint density at radius 1 is 0.846 bits per heavy atom. The second-order valence-electron chi connectivity index (χ2n) is 7.21. The van der Waals surface area contributed by atoms with E-state index in [0.29, 0.717) is 6.04 Å². The van der Waals surface area contributed by atoms with Gasteiger partial charge in [0.1, 0.15) is 0 Å². The molecule has 136 valence electrons. The summed E-state index contributed by atoms with van der Waals surface area (Å²) in [4.78, 5) is 13.0. The summed E-state index contributed by atoms with van der Waals surface area (Å²) in [5.41, 5.74) is 3.97. The fourth-order valence-electron chi connectivity index (χ4n) is 4.15. The first-order valence-corrected chi connectivity index (χ1v) is 9.49. The van der Waals surface area contributed by atoms with Crippen LogP contribution in [0.25, 0.3) is 6.08 Å². The number of benzene rings is 2. The number of ketones is 1. The van der Waals surface area contributed by atoms with Gasteiger partial charge in [-0.25, -0.2) is 0 Å². The molecule has 2 aliphatic carbocycles. The summed E-state index contributed by atoms with van der Waals surface area (Å²) in [6.45, 7) is 0. The molecular formula is C24H29NO. The maximum absolute atomic E-state index is 13.0. The Labute approximate surface area is 157 Å². The number of nitrogens with one attached hydrogen (secondary N) is 1. The lowest BCUT2D eigenvalue weighted by atomic mass is 10.0. The summed E-state index contributed by atoms with van der Waals surface area (Å²) in [6, 6.07) is 18.8. The van der Waals surface area contributed by atoms with E-state index in [-0.39, 0.29) is 19.3 Å². The van der Waals surface area contributed by atoms with Crippen molar-refractivity contribution in [1.82, 2.24) is 5.32 Å². The van der Waals surface area contributed by atoms with Gasteiger partial charge in [-0.3, -0.25) is 4.79 Å². The number of carbonyl (C=O) groups is 1. The van der Waals surface area contributed by atoms with Gasteiger partial charge < -0.3 is 5.32 Å². The molecule has 1 saturated carbocycles. The van der Waals surface area contributed by atoms with Crippen molar-refractivity contribution in [2.45, 2.75) is 58.0 Å². The smallest absolute Gasteiger partial charge is 0.191 e. The largest absolute Gasteiger partial charge is 0.303 e. The lowest BCUT2D eigenvalue weighted by Crippen LogP contribution is -2.32. The Bertz CT molecular complexity index is 770. The van der Waals surface area contributed by atoms with Crippen molar-refractivity contribution in [1.29, 1.82) is 0 Å². The minimum absolute atomic E-state index is 0. The molecule has 2 aliphatic rings. The molecule has 0 bridgehead atoms. The van der Waals surface area contributed by atoms with Crippen LogP contribution in [0, 0.1) is 0 Å². The summed E-state index contributed by atoms with van der Waals surface area (Å²) < 4.78 is 0. The molecule has 0 saturated heterocycles. The highest BCUT2D eigenvalue weighted by Crippen LogP contribution is 2.37. The van der Waals surface area contributed by atoms with Crippen LogP contribution in [0.15, 0.2) is 60.2 Å². The fourth-order valence-corrected chi connectivity index (χ4v) is 4.15. The quantitative estimate of drug-likeness (QED) is 0.548. The molecule has 0 radical (unpaired) electrons. The van der Waals surface area contributed by atoms with Crippen molar-refractivity contribution in [2.24, 2.45) is 0 Å². The molecule has 0 aliphatic heterocycles. The predicted octanol–water partition coefficient (Wildman–Crippen LogP) is 5.96. The Balaban J connectivity index is 0.00000196. The van der Waals surface area contributed by atoms with E-state index in [2.05, 4.69) is 29.6 Å². The van der Waals surface area contributed by atoms with Gasteiger partial charge in [0.25, 0.3) is 0 Å². The molecule has 0 spiro atoms. The zero-order valence-corrected chi connectivity index (χ0v) is 14.6. The molecule has 2 nitrogen and oxygen atoms in total. The molecular weight excluding hydrogens is 318 g/mol. The summed E-state index contributed by atoms with van der Waals surface area (Å²) in [7, 11) is 0. The summed E-state index contributed by atoms with van der Waals surface area (Å²) in [5.74, 6) is 0.172. The third-order valence-electron chi connectivity index (χ3n) is 5.47. The monoisotopic (exact) mass is 347 g/mol. The van der Waals surface area contributed by atoms with Gasteiger partial charge >= 0.3 is 0 Å². The van der Waals surface area contributed by atoms with E-state index in [1.807, 2.05) is 36.4 Å². The van der Waals surface area contributed by atoms with Gasteiger partial charge in [-0.1, -0.05) is 87.7 Å². The van der Waals surface area contributed by atoms with Crippen LogP contribution >= 0.6 is 0 Å². The highest BCUT2D eigenvalue weighted by atomic mass is 16.1. The lowest BCUT2D eigenvalue weighted by molar-refractivity contribution is 0.103. The molecule has 1 N–H and O–H groups in total. The first kappa shape index (κ1) is 18.6. The van der Waals surface area contributed by atoms with Crippen LogP contribution in [0.1, 0.15) is 73.5 Å². The molecule has 0 heterocycles. The Morgan fingerprint density at radius 2 is 1.50 bits per heavy atom. The van der Waals surface area contributed by atoms with Crippen molar-refractivity contribution >= 4 is 11.9 Å². The van der Waals surface area contributed by atoms with E-state index >= 15 is 0 Å². The number of rotatable bonds is 3. The maximum atomic E-state index is 13.0. The van der Waals surface area contributed by atoms with Gasteiger partial charge in [0, 0.05) is 17.2 Å². The zero-order valence-electron chi connectivity index (χ0n) is 14.6. The Kier molecular flexibility index (Phi) is 6.05. The zero-order chi connectivity index (χ0) is 17.1. The van der Waals surface area contributed by atoms with Crippen LogP contribution in [0.2, 0.25) is 0 Å². The highest BCUT2D eigenvalue weighted by molar-refractivity contribution is 6.16. The van der Waals surface area contributed by atoms with Gasteiger partial charge in [-0.15, -0.1) is 0 Å². The topological polar surface area (TPSA) is 29.1 Å². The van der Waals surface area contributed by atoms with Gasteiger partial charge in [0.15, 0.2) is 5.78 Å². The molecule has 26 heavy (non-hydrogen) atoms. The van der Waals surface area contributed by atoms with E-state index in [9.17, 15) is 4.79 Å². The average molecular weight is 348 g/mol. The van der Waals surface area contributed by atoms with E-state index in [1.54, 1.807) is 0 Å². The third-order valence-corrected chi connectivity index (χ3v) is 5.47. The number of hydrogen-bond acceptors (Lipinski definition) is 2. The highest BCUT2D eigenvalue weighted by Gasteiger charge is 2.35. The Hall–Kier alpha value is -2.19. The van der Waals surface area contributed by atoms with Crippen LogP contribution in [-0.4, -0.2) is 11.8 Å². The normalized spacial score (nSPS) is 21.9. The van der Waals surface area contributed by atoms with E-state index in [1.165, 1.54) is 38.5 Å². The lowest BCUT2D eigenvalue weighted by Gasteiger charge is -2.23. The van der Waals surface area contributed by atoms with Crippen LogP contribution in [-0.2, 0) is 0 Å². The second-order valence-corrected chi connectivity index (χ2v) is 7.21. The van der Waals surface area contributed by atoms with Gasteiger partial charge in [0.2, 0.25) is 0 Å². The fraction of sp³-hybridized carbons (Fsp3) is 0.375. The molecule has 1 fully saturated rings. The standard InChI is InChI=1S/C23H25NO.CH4/c25-23-20-15-9-8-14-19(20)22(24-18-12-6-1-2-7-13-18)21(23)16-17-10-4-3-5-11-17;/h3-5,8-11,14-16,18,22,24H,1-2,6-7,12-13H2;1H4/b21-16+;. The minimum Gasteiger partial charge on any atom is -0.303 e. The van der Waals surface area contributed by atoms with Gasteiger partial charge in [-0.05, 0) is 30.0 Å². The van der Waals surface area contributed by atoms with Crippen molar-refractivity contribution in [3.05, 3.63) is 76.9 Å². The summed E-state index contributed by atoms with van der Waals surface area (Å²) >= 11 is 0. The van der Waals surface area contributed by atoms with Crippen molar-refractivity contribution in [3.8, 4) is 0 Å². The molecule has 4 rings (SSSR count). The number of Topliss-reactive ketones (excluding diaryl/α,β-unsaturated/α-hetero) is 1. The van der Waals surface area contributed by atoms with Gasteiger partial charge in [-0.2, -0.15) is 0 Å². The summed E-state index contributed by atoms with van der Waals surface area (Å²) in [6.07, 6.45) is 9.75. The summed E-state index contributed by atoms with van der Waals surface area (Å²) in [5, 5.41) is 3.83. The van der Waals surface area contributed by atoms with Crippen LogP contribution in [0.4, 0.5) is 0 Å². The first-order valence-electron chi connectivity index (χ1n) is 9.49. The maximum Gasteiger partial charge on any atom is 0.191 e. The minimum atomic E-state index is 0. The molecule has 0 amide bonds.